The van der Waals surface area contributed by atoms with E-state index in [9.17, 15) is 8.42 Å². The number of nitrogens with two attached hydrogens (primary N) is 2. The summed E-state index contributed by atoms with van der Waals surface area (Å²) in [6, 6.07) is 4.55. The van der Waals surface area contributed by atoms with Crippen LogP contribution in [-0.2, 0) is 14.8 Å². The number of hydrogen-bond donors (Lipinski definition) is 2. The van der Waals surface area contributed by atoms with Crippen molar-refractivity contribution in [2.75, 3.05) is 37.4 Å². The summed E-state index contributed by atoms with van der Waals surface area (Å²) in [5.41, 5.74) is 7.16. The van der Waals surface area contributed by atoms with Crippen LogP contribution in [0.2, 0.25) is 0 Å². The molecule has 0 heterocycles. The summed E-state index contributed by atoms with van der Waals surface area (Å²) in [7, 11) is -2.09. The highest BCUT2D eigenvalue weighted by molar-refractivity contribution is 7.89. The van der Waals surface area contributed by atoms with Gasteiger partial charge in [0.25, 0.3) is 0 Å². The molecule has 0 aliphatic rings. The number of benzene rings is 1. The molecule has 1 aromatic rings. The molecule has 0 bridgehead atoms. The van der Waals surface area contributed by atoms with Crippen LogP contribution in [0.15, 0.2) is 23.1 Å². The van der Waals surface area contributed by atoms with Gasteiger partial charge in [-0.2, -0.15) is 0 Å². The predicted octanol–water partition coefficient (Wildman–Crippen LogP) is 1.03. The maximum absolute atomic E-state index is 11.3. The molecular formula is C13H23N3O3S. The standard InChI is InChI=1S/C13H23N3O3S/c1-10(2)9-16(6-7-19-3)13-5-4-11(8-12(13)14)20(15,17)18/h4-5,8,10H,6-7,9,14H2,1-3H3,(H2,15,17,18). The number of methoxy groups -OCH3 is 1. The molecule has 0 unspecified atom stereocenters. The van der Waals surface area contributed by atoms with Crippen molar-refractivity contribution in [2.24, 2.45) is 11.1 Å². The third-order valence-corrected chi connectivity index (χ3v) is 3.73. The van der Waals surface area contributed by atoms with E-state index >= 15 is 0 Å². The van der Waals surface area contributed by atoms with Crippen LogP contribution in [-0.4, -0.2) is 35.2 Å². The van der Waals surface area contributed by atoms with Crippen molar-refractivity contribution in [3.8, 4) is 0 Å². The zero-order valence-electron chi connectivity index (χ0n) is 12.2. The SMILES string of the molecule is COCCN(CC(C)C)c1ccc(S(N)(=O)=O)cc1N. The van der Waals surface area contributed by atoms with Crippen LogP contribution < -0.4 is 15.8 Å². The third-order valence-electron chi connectivity index (χ3n) is 2.82. The van der Waals surface area contributed by atoms with Crippen LogP contribution >= 0.6 is 0 Å². The van der Waals surface area contributed by atoms with Gasteiger partial charge in [0.2, 0.25) is 10.0 Å². The lowest BCUT2D eigenvalue weighted by atomic mass is 10.1. The number of ether oxygens (including phenoxy) is 1. The van der Waals surface area contributed by atoms with Crippen LogP contribution in [0.3, 0.4) is 0 Å². The quantitative estimate of drug-likeness (QED) is 0.733. The van der Waals surface area contributed by atoms with Gasteiger partial charge in [-0.15, -0.1) is 0 Å². The Morgan fingerprint density at radius 2 is 2.00 bits per heavy atom. The molecule has 1 aromatic carbocycles. The number of hydrogen-bond acceptors (Lipinski definition) is 5. The van der Waals surface area contributed by atoms with Crippen molar-refractivity contribution < 1.29 is 13.2 Å². The molecule has 0 aromatic heterocycles. The number of sulfonamides is 1. The van der Waals surface area contributed by atoms with Crippen LogP contribution in [0.25, 0.3) is 0 Å². The van der Waals surface area contributed by atoms with Gasteiger partial charge in [0.15, 0.2) is 0 Å². The Balaban J connectivity index is 3.07. The summed E-state index contributed by atoms with van der Waals surface area (Å²) in [4.78, 5) is 2.10. The van der Waals surface area contributed by atoms with Crippen LogP contribution in [0, 0.1) is 5.92 Å². The molecule has 1 rings (SSSR count). The van der Waals surface area contributed by atoms with Crippen LogP contribution in [0.4, 0.5) is 11.4 Å². The summed E-state index contributed by atoms with van der Waals surface area (Å²) in [6.45, 7) is 6.28. The second-order valence-electron chi connectivity index (χ2n) is 5.10. The Kier molecular flexibility index (Phi) is 5.79. The van der Waals surface area contributed by atoms with E-state index in [2.05, 4.69) is 18.7 Å². The summed E-state index contributed by atoms with van der Waals surface area (Å²) in [6.07, 6.45) is 0. The van der Waals surface area contributed by atoms with Crippen molar-refractivity contribution in [3.05, 3.63) is 18.2 Å². The Labute approximate surface area is 120 Å². The molecule has 6 nitrogen and oxygen atoms in total. The van der Waals surface area contributed by atoms with E-state index in [0.717, 1.165) is 12.2 Å². The molecule has 0 fully saturated rings. The molecular weight excluding hydrogens is 278 g/mol. The van der Waals surface area contributed by atoms with E-state index in [1.807, 2.05) is 0 Å². The molecule has 0 saturated carbocycles. The molecule has 0 spiro atoms. The fraction of sp³-hybridized carbons (Fsp3) is 0.538. The molecule has 0 aliphatic heterocycles. The van der Waals surface area contributed by atoms with Crippen LogP contribution in [0.5, 0.6) is 0 Å². The first-order chi connectivity index (χ1) is 9.25. The van der Waals surface area contributed by atoms with Gasteiger partial charge in [-0.3, -0.25) is 0 Å². The summed E-state index contributed by atoms with van der Waals surface area (Å²) in [5, 5.41) is 5.10. The predicted molar refractivity (Wildman–Crippen MR) is 81.2 cm³/mol. The first kappa shape index (κ1) is 16.7. The zero-order valence-corrected chi connectivity index (χ0v) is 13.0. The van der Waals surface area contributed by atoms with Gasteiger partial charge >= 0.3 is 0 Å². The first-order valence-corrected chi connectivity index (χ1v) is 7.96. The van der Waals surface area contributed by atoms with Crippen molar-refractivity contribution in [3.63, 3.8) is 0 Å². The minimum Gasteiger partial charge on any atom is -0.397 e. The number of primary sulfonamides is 1. The first-order valence-electron chi connectivity index (χ1n) is 6.42. The lowest BCUT2D eigenvalue weighted by Gasteiger charge is -2.27. The summed E-state index contributed by atoms with van der Waals surface area (Å²) >= 11 is 0. The highest BCUT2D eigenvalue weighted by atomic mass is 32.2. The number of nitrogen functional groups attached to an aromatic ring is 1. The third kappa shape index (κ3) is 4.66. The molecule has 0 aliphatic carbocycles. The van der Waals surface area contributed by atoms with E-state index < -0.39 is 10.0 Å². The van der Waals surface area contributed by atoms with Crippen molar-refractivity contribution in [2.45, 2.75) is 18.7 Å². The maximum atomic E-state index is 11.3. The maximum Gasteiger partial charge on any atom is 0.238 e. The highest BCUT2D eigenvalue weighted by Crippen LogP contribution is 2.26. The lowest BCUT2D eigenvalue weighted by Crippen LogP contribution is -2.31. The zero-order chi connectivity index (χ0) is 15.3. The topological polar surface area (TPSA) is 98.6 Å². The van der Waals surface area contributed by atoms with Crippen molar-refractivity contribution >= 4 is 21.4 Å². The molecule has 20 heavy (non-hydrogen) atoms. The Morgan fingerprint density at radius 3 is 2.45 bits per heavy atom. The molecule has 4 N–H and O–H groups in total. The normalized spacial score (nSPS) is 11.8. The lowest BCUT2D eigenvalue weighted by molar-refractivity contribution is 0.204. The molecule has 0 amide bonds. The van der Waals surface area contributed by atoms with Crippen molar-refractivity contribution in [1.82, 2.24) is 0 Å². The van der Waals surface area contributed by atoms with E-state index in [4.69, 9.17) is 15.6 Å². The Bertz CT molecular complexity index is 544. The van der Waals surface area contributed by atoms with Gasteiger partial charge in [0.05, 0.1) is 22.9 Å². The van der Waals surface area contributed by atoms with Gasteiger partial charge < -0.3 is 15.4 Å². The molecule has 0 radical (unpaired) electrons. The average molecular weight is 301 g/mol. The monoisotopic (exact) mass is 301 g/mol. The second kappa shape index (κ2) is 6.92. The van der Waals surface area contributed by atoms with Gasteiger partial charge in [0.1, 0.15) is 0 Å². The smallest absolute Gasteiger partial charge is 0.238 e. The molecule has 0 atom stereocenters. The van der Waals surface area contributed by atoms with Crippen molar-refractivity contribution in [1.29, 1.82) is 0 Å². The van der Waals surface area contributed by atoms with Gasteiger partial charge in [-0.1, -0.05) is 13.8 Å². The van der Waals surface area contributed by atoms with Gasteiger partial charge in [-0.25, -0.2) is 13.6 Å². The van der Waals surface area contributed by atoms with Crippen LogP contribution in [0.1, 0.15) is 13.8 Å². The minimum atomic E-state index is -3.73. The largest absolute Gasteiger partial charge is 0.397 e. The van der Waals surface area contributed by atoms with E-state index in [1.165, 1.54) is 12.1 Å². The molecule has 7 heteroatoms. The molecule has 114 valence electrons. The number of anilines is 2. The fourth-order valence-corrected chi connectivity index (χ4v) is 2.50. The second-order valence-corrected chi connectivity index (χ2v) is 6.66. The Hall–Kier alpha value is -1.31. The van der Waals surface area contributed by atoms with E-state index in [-0.39, 0.29) is 4.90 Å². The summed E-state index contributed by atoms with van der Waals surface area (Å²) < 4.78 is 27.7. The van der Waals surface area contributed by atoms with Gasteiger partial charge in [-0.05, 0) is 24.1 Å². The fourth-order valence-electron chi connectivity index (χ4n) is 1.95. The number of rotatable bonds is 7. The minimum absolute atomic E-state index is 0.0231. The highest BCUT2D eigenvalue weighted by Gasteiger charge is 2.15. The van der Waals surface area contributed by atoms with E-state index in [1.54, 1.807) is 13.2 Å². The molecule has 0 saturated heterocycles. The number of nitrogens with zero attached hydrogens (tertiary/aromatic N) is 1. The van der Waals surface area contributed by atoms with E-state index in [0.29, 0.717) is 24.8 Å². The Morgan fingerprint density at radius 1 is 1.35 bits per heavy atom. The van der Waals surface area contributed by atoms with Gasteiger partial charge in [0, 0.05) is 20.2 Å². The summed E-state index contributed by atoms with van der Waals surface area (Å²) in [5.74, 6) is 0.448. The average Bonchev–Trinajstić information content (AvgIpc) is 2.33.